The SMILES string of the molecule is N#CC[C@H](N)c1n[nH]nc1F. The molecule has 0 aliphatic carbocycles. The molecule has 1 aromatic heterocycles. The summed E-state index contributed by atoms with van der Waals surface area (Å²) in [6.07, 6.45) is 0.0312. The molecule has 5 nitrogen and oxygen atoms in total. The van der Waals surface area contributed by atoms with Crippen LogP contribution in [-0.2, 0) is 0 Å². The number of hydrogen-bond acceptors (Lipinski definition) is 4. The van der Waals surface area contributed by atoms with Crippen LogP contribution in [-0.4, -0.2) is 15.4 Å². The number of aromatic amines is 1. The van der Waals surface area contributed by atoms with Crippen molar-refractivity contribution in [2.75, 3.05) is 0 Å². The summed E-state index contributed by atoms with van der Waals surface area (Å²) >= 11 is 0. The van der Waals surface area contributed by atoms with Crippen LogP contribution < -0.4 is 5.73 Å². The van der Waals surface area contributed by atoms with E-state index in [1.54, 1.807) is 0 Å². The largest absolute Gasteiger partial charge is 0.322 e. The Hall–Kier alpha value is -1.48. The minimum atomic E-state index is -0.743. The van der Waals surface area contributed by atoms with E-state index in [0.29, 0.717) is 0 Å². The zero-order valence-corrected chi connectivity index (χ0v) is 5.58. The van der Waals surface area contributed by atoms with Gasteiger partial charge in [0.15, 0.2) is 0 Å². The van der Waals surface area contributed by atoms with Crippen molar-refractivity contribution in [3.05, 3.63) is 11.6 Å². The molecule has 0 aliphatic rings. The number of hydrogen-bond donors (Lipinski definition) is 2. The first kappa shape index (κ1) is 7.63. The first-order valence-corrected chi connectivity index (χ1v) is 2.94. The third kappa shape index (κ3) is 1.50. The van der Waals surface area contributed by atoms with Gasteiger partial charge in [0.1, 0.15) is 5.69 Å². The van der Waals surface area contributed by atoms with E-state index in [-0.39, 0.29) is 12.1 Å². The van der Waals surface area contributed by atoms with Crippen LogP contribution in [0.3, 0.4) is 0 Å². The highest BCUT2D eigenvalue weighted by Gasteiger charge is 2.14. The number of rotatable bonds is 2. The molecular formula is C5H6FN5. The van der Waals surface area contributed by atoms with Crippen LogP contribution in [0.5, 0.6) is 0 Å². The topological polar surface area (TPSA) is 91.4 Å². The van der Waals surface area contributed by atoms with Gasteiger partial charge in [0.25, 0.3) is 5.95 Å². The summed E-state index contributed by atoms with van der Waals surface area (Å²) in [5, 5.41) is 16.9. The second kappa shape index (κ2) is 3.07. The smallest absolute Gasteiger partial charge is 0.257 e. The van der Waals surface area contributed by atoms with Gasteiger partial charge < -0.3 is 5.73 Å². The molecule has 0 saturated carbocycles. The molecule has 1 rings (SSSR count). The molecule has 0 saturated heterocycles. The molecule has 0 unspecified atom stereocenters. The van der Waals surface area contributed by atoms with Gasteiger partial charge in [0, 0.05) is 0 Å². The number of halogens is 1. The Morgan fingerprint density at radius 3 is 2.91 bits per heavy atom. The van der Waals surface area contributed by atoms with E-state index in [9.17, 15) is 4.39 Å². The summed E-state index contributed by atoms with van der Waals surface area (Å²) in [5.74, 6) is -0.743. The van der Waals surface area contributed by atoms with Gasteiger partial charge in [-0.2, -0.15) is 20.0 Å². The molecule has 0 radical (unpaired) electrons. The van der Waals surface area contributed by atoms with E-state index >= 15 is 0 Å². The normalized spacial score (nSPS) is 12.5. The first-order valence-electron chi connectivity index (χ1n) is 2.94. The number of nitrogens with zero attached hydrogens (tertiary/aromatic N) is 3. The second-order valence-electron chi connectivity index (χ2n) is 1.97. The quantitative estimate of drug-likeness (QED) is 0.621. The van der Waals surface area contributed by atoms with Crippen LogP contribution in [0.25, 0.3) is 0 Å². The van der Waals surface area contributed by atoms with E-state index in [1.165, 1.54) is 0 Å². The second-order valence-corrected chi connectivity index (χ2v) is 1.97. The molecular weight excluding hydrogens is 149 g/mol. The lowest BCUT2D eigenvalue weighted by atomic mass is 10.2. The van der Waals surface area contributed by atoms with Gasteiger partial charge in [-0.15, -0.1) is 5.10 Å². The van der Waals surface area contributed by atoms with Crippen molar-refractivity contribution in [1.29, 1.82) is 5.26 Å². The van der Waals surface area contributed by atoms with Crippen LogP contribution in [0.4, 0.5) is 4.39 Å². The molecule has 0 spiro atoms. The minimum Gasteiger partial charge on any atom is -0.322 e. The van der Waals surface area contributed by atoms with Crippen molar-refractivity contribution >= 4 is 0 Å². The van der Waals surface area contributed by atoms with Crippen LogP contribution in [0.15, 0.2) is 0 Å². The summed E-state index contributed by atoms with van der Waals surface area (Å²) in [6, 6.07) is 1.11. The lowest BCUT2D eigenvalue weighted by molar-refractivity contribution is 0.548. The molecule has 58 valence electrons. The molecule has 0 aromatic carbocycles. The standard InChI is InChI=1S/C5H6FN5/c6-5-4(9-11-10-5)3(8)1-2-7/h3H,1,8H2,(H,9,10,11)/t3-/m0/s1. The Kier molecular flexibility index (Phi) is 2.13. The van der Waals surface area contributed by atoms with Gasteiger partial charge in [0.2, 0.25) is 0 Å². The third-order valence-electron chi connectivity index (χ3n) is 1.19. The van der Waals surface area contributed by atoms with Crippen molar-refractivity contribution in [3.8, 4) is 6.07 Å². The van der Waals surface area contributed by atoms with Crippen LogP contribution in [0.2, 0.25) is 0 Å². The van der Waals surface area contributed by atoms with Crippen molar-refractivity contribution in [3.63, 3.8) is 0 Å². The summed E-state index contributed by atoms with van der Waals surface area (Å²) in [6.45, 7) is 0. The van der Waals surface area contributed by atoms with Crippen LogP contribution in [0, 0.1) is 17.3 Å². The lowest BCUT2D eigenvalue weighted by Gasteiger charge is -1.99. The Morgan fingerprint density at radius 1 is 1.73 bits per heavy atom. The molecule has 0 bridgehead atoms. The van der Waals surface area contributed by atoms with Crippen molar-refractivity contribution in [1.82, 2.24) is 15.4 Å². The van der Waals surface area contributed by atoms with Gasteiger partial charge >= 0.3 is 0 Å². The highest BCUT2D eigenvalue weighted by Crippen LogP contribution is 2.11. The zero-order valence-electron chi connectivity index (χ0n) is 5.58. The number of H-pyrrole nitrogens is 1. The summed E-state index contributed by atoms with van der Waals surface area (Å²) in [4.78, 5) is 0. The van der Waals surface area contributed by atoms with Gasteiger partial charge in [-0.1, -0.05) is 0 Å². The van der Waals surface area contributed by atoms with Crippen LogP contribution in [0.1, 0.15) is 18.2 Å². The third-order valence-corrected chi connectivity index (χ3v) is 1.19. The molecule has 0 aliphatic heterocycles. The predicted molar refractivity (Wildman–Crippen MR) is 33.5 cm³/mol. The highest BCUT2D eigenvalue weighted by atomic mass is 19.1. The highest BCUT2D eigenvalue weighted by molar-refractivity contribution is 5.03. The average molecular weight is 155 g/mol. The van der Waals surface area contributed by atoms with Gasteiger partial charge in [0.05, 0.1) is 18.5 Å². The maximum Gasteiger partial charge on any atom is 0.257 e. The van der Waals surface area contributed by atoms with Gasteiger partial charge in [-0.25, -0.2) is 0 Å². The monoisotopic (exact) mass is 155 g/mol. The predicted octanol–water partition coefficient (Wildman–Crippen LogP) is -0.143. The minimum absolute atomic E-state index is 0.00606. The first-order chi connectivity index (χ1) is 5.25. The lowest BCUT2D eigenvalue weighted by Crippen LogP contribution is -2.11. The van der Waals surface area contributed by atoms with Crippen LogP contribution >= 0.6 is 0 Å². The number of nitriles is 1. The molecule has 3 N–H and O–H groups in total. The Labute approximate surface area is 62.0 Å². The van der Waals surface area contributed by atoms with E-state index in [0.717, 1.165) is 0 Å². The fourth-order valence-corrected chi connectivity index (χ4v) is 0.657. The van der Waals surface area contributed by atoms with Crippen molar-refractivity contribution in [2.24, 2.45) is 5.73 Å². The van der Waals surface area contributed by atoms with Crippen molar-refractivity contribution in [2.45, 2.75) is 12.5 Å². The Morgan fingerprint density at radius 2 is 2.45 bits per heavy atom. The molecule has 1 atom stereocenters. The van der Waals surface area contributed by atoms with E-state index in [1.807, 2.05) is 6.07 Å². The maximum absolute atomic E-state index is 12.5. The van der Waals surface area contributed by atoms with E-state index in [4.69, 9.17) is 11.0 Å². The molecule has 1 heterocycles. The van der Waals surface area contributed by atoms with Gasteiger partial charge in [-0.05, 0) is 0 Å². The molecule has 11 heavy (non-hydrogen) atoms. The molecule has 0 amide bonds. The molecule has 1 aromatic rings. The Bertz CT molecular complexity index is 275. The van der Waals surface area contributed by atoms with E-state index < -0.39 is 12.0 Å². The van der Waals surface area contributed by atoms with Gasteiger partial charge in [-0.3, -0.25) is 0 Å². The summed E-state index contributed by atoms with van der Waals surface area (Å²) in [5.41, 5.74) is 5.37. The molecule has 6 heteroatoms. The fraction of sp³-hybridized carbons (Fsp3) is 0.400. The number of nitrogens with one attached hydrogen (secondary N) is 1. The average Bonchev–Trinajstić information content (AvgIpc) is 2.36. The Balaban J connectivity index is 2.77. The summed E-state index contributed by atoms with van der Waals surface area (Å²) < 4.78 is 12.5. The number of nitrogens with two attached hydrogens (primary N) is 1. The summed E-state index contributed by atoms with van der Waals surface area (Å²) in [7, 11) is 0. The van der Waals surface area contributed by atoms with E-state index in [2.05, 4.69) is 15.4 Å². The molecule has 0 fully saturated rings. The fourth-order valence-electron chi connectivity index (χ4n) is 0.657. The van der Waals surface area contributed by atoms with Crippen molar-refractivity contribution < 1.29 is 4.39 Å². The number of aromatic nitrogens is 3. The maximum atomic E-state index is 12.5. The zero-order chi connectivity index (χ0) is 8.27.